The van der Waals surface area contributed by atoms with Crippen LogP contribution < -0.4 is 4.90 Å². The van der Waals surface area contributed by atoms with Crippen LogP contribution in [0.1, 0.15) is 70.6 Å². The number of pyridine rings is 1. The van der Waals surface area contributed by atoms with Crippen molar-refractivity contribution in [2.45, 2.75) is 52.9 Å². The highest BCUT2D eigenvalue weighted by molar-refractivity contribution is 6.13. The Bertz CT molecular complexity index is 1070. The van der Waals surface area contributed by atoms with Gasteiger partial charge in [-0.1, -0.05) is 38.1 Å². The average Bonchev–Trinajstić information content (AvgIpc) is 2.77. The Hall–Kier alpha value is -2.94. The molecule has 0 atom stereocenters. The Morgan fingerprint density at radius 3 is 2.45 bits per heavy atom. The number of rotatable bonds is 8. The van der Waals surface area contributed by atoms with Crippen LogP contribution in [0.2, 0.25) is 0 Å². The van der Waals surface area contributed by atoms with Crippen LogP contribution >= 0.6 is 0 Å². The van der Waals surface area contributed by atoms with E-state index < -0.39 is 0 Å². The first kappa shape index (κ1) is 21.3. The van der Waals surface area contributed by atoms with Crippen LogP contribution in [0.15, 0.2) is 54.7 Å². The molecule has 0 saturated heterocycles. The number of hydrogen-bond donors (Lipinski definition) is 0. The monoisotopic (exact) mass is 412 g/mol. The predicted molar refractivity (Wildman–Crippen MR) is 128 cm³/mol. The Balaban J connectivity index is 1.61. The van der Waals surface area contributed by atoms with Gasteiger partial charge in [0.25, 0.3) is 0 Å². The number of carbonyl (C=O) groups is 1. The molecule has 3 heteroatoms. The fourth-order valence-electron chi connectivity index (χ4n) is 4.72. The molecule has 0 saturated carbocycles. The third-order valence-corrected chi connectivity index (χ3v) is 6.17. The van der Waals surface area contributed by atoms with Gasteiger partial charge in [-0.2, -0.15) is 0 Å². The number of aromatic nitrogens is 1. The number of nitrogens with zero attached hydrogens (tertiary/aromatic N) is 2. The highest BCUT2D eigenvalue weighted by atomic mass is 16.1. The zero-order chi connectivity index (χ0) is 21.8. The molecule has 0 bridgehead atoms. The maximum atomic E-state index is 13.3. The average molecular weight is 413 g/mol. The van der Waals surface area contributed by atoms with Crippen LogP contribution in [-0.2, 0) is 19.3 Å². The van der Waals surface area contributed by atoms with Crippen molar-refractivity contribution in [2.24, 2.45) is 0 Å². The number of fused-ring (bicyclic) bond motifs is 2. The van der Waals surface area contributed by atoms with Gasteiger partial charge in [0.05, 0.1) is 0 Å². The van der Waals surface area contributed by atoms with E-state index in [0.29, 0.717) is 0 Å². The van der Waals surface area contributed by atoms with Gasteiger partial charge in [0.15, 0.2) is 5.78 Å². The van der Waals surface area contributed by atoms with E-state index in [9.17, 15) is 4.79 Å². The highest BCUT2D eigenvalue weighted by Gasteiger charge is 2.26. The summed E-state index contributed by atoms with van der Waals surface area (Å²) in [6, 6.07) is 16.9. The van der Waals surface area contributed by atoms with Crippen LogP contribution in [0, 0.1) is 6.92 Å². The van der Waals surface area contributed by atoms with Gasteiger partial charge >= 0.3 is 0 Å². The topological polar surface area (TPSA) is 33.2 Å². The van der Waals surface area contributed by atoms with Gasteiger partial charge < -0.3 is 4.90 Å². The smallest absolute Gasteiger partial charge is 0.193 e. The number of benzene rings is 2. The first-order valence-corrected chi connectivity index (χ1v) is 11.6. The predicted octanol–water partition coefficient (Wildman–Crippen LogP) is 5.94. The second kappa shape index (κ2) is 9.47. The lowest BCUT2D eigenvalue weighted by Gasteiger charge is -2.28. The molecule has 1 aromatic heterocycles. The van der Waals surface area contributed by atoms with Gasteiger partial charge in [0, 0.05) is 41.8 Å². The van der Waals surface area contributed by atoms with E-state index in [1.54, 1.807) is 0 Å². The van der Waals surface area contributed by atoms with Crippen LogP contribution in [0.4, 0.5) is 5.69 Å². The summed E-state index contributed by atoms with van der Waals surface area (Å²) in [4.78, 5) is 20.2. The normalized spacial score (nSPS) is 12.4. The molecule has 1 aliphatic rings. The molecule has 1 aliphatic carbocycles. The van der Waals surface area contributed by atoms with Gasteiger partial charge in [-0.15, -0.1) is 0 Å². The molecular weight excluding hydrogens is 380 g/mol. The molecule has 160 valence electrons. The molecule has 3 nitrogen and oxygen atoms in total. The molecule has 0 fully saturated rings. The second-order valence-corrected chi connectivity index (χ2v) is 8.60. The second-order valence-electron chi connectivity index (χ2n) is 8.60. The lowest BCUT2D eigenvalue weighted by atomic mass is 9.81. The van der Waals surface area contributed by atoms with Gasteiger partial charge in [0.1, 0.15) is 0 Å². The number of ketones is 1. The molecule has 0 radical (unpaired) electrons. The van der Waals surface area contributed by atoms with Crippen molar-refractivity contribution in [1.82, 2.24) is 4.98 Å². The minimum Gasteiger partial charge on any atom is -0.372 e. The molecule has 0 unspecified atom stereocenters. The summed E-state index contributed by atoms with van der Waals surface area (Å²) in [5.74, 6) is 0.175. The van der Waals surface area contributed by atoms with E-state index in [0.717, 1.165) is 73.1 Å². The minimum absolute atomic E-state index is 0.175. The summed E-state index contributed by atoms with van der Waals surface area (Å²) in [6.45, 7) is 8.63. The van der Waals surface area contributed by atoms with Crippen molar-refractivity contribution >= 4 is 11.5 Å². The van der Waals surface area contributed by atoms with E-state index in [-0.39, 0.29) is 5.78 Å². The Morgan fingerprint density at radius 1 is 0.935 bits per heavy atom. The molecule has 0 N–H and O–H groups in total. The first-order valence-electron chi connectivity index (χ1n) is 11.6. The van der Waals surface area contributed by atoms with Crippen molar-refractivity contribution < 1.29 is 4.79 Å². The molecule has 3 aromatic rings. The minimum atomic E-state index is 0.175. The zero-order valence-corrected chi connectivity index (χ0v) is 18.9. The van der Waals surface area contributed by atoms with Gasteiger partial charge in [-0.25, -0.2) is 0 Å². The SMILES string of the molecule is CCCN(CCC)c1cc(C)c2c(c1)Cc1cc(CCc3ccccn3)ccc1C2=O. The van der Waals surface area contributed by atoms with Crippen molar-refractivity contribution in [3.05, 3.63) is 93.8 Å². The van der Waals surface area contributed by atoms with Crippen molar-refractivity contribution in [1.29, 1.82) is 0 Å². The quantitative estimate of drug-likeness (QED) is 0.359. The molecule has 31 heavy (non-hydrogen) atoms. The van der Waals surface area contributed by atoms with Gasteiger partial charge in [-0.05, 0) is 85.5 Å². The molecule has 0 aliphatic heterocycles. The largest absolute Gasteiger partial charge is 0.372 e. The Morgan fingerprint density at radius 2 is 1.74 bits per heavy atom. The number of anilines is 1. The van der Waals surface area contributed by atoms with Crippen molar-refractivity contribution in [3.63, 3.8) is 0 Å². The fraction of sp³-hybridized carbons (Fsp3) is 0.357. The number of hydrogen-bond acceptors (Lipinski definition) is 3. The summed E-state index contributed by atoms with van der Waals surface area (Å²) in [5.41, 5.74) is 8.83. The van der Waals surface area contributed by atoms with E-state index in [1.807, 2.05) is 24.4 Å². The van der Waals surface area contributed by atoms with E-state index in [4.69, 9.17) is 0 Å². The van der Waals surface area contributed by atoms with Gasteiger partial charge in [0.2, 0.25) is 0 Å². The van der Waals surface area contributed by atoms with Crippen LogP contribution in [-0.4, -0.2) is 23.9 Å². The number of carbonyl (C=O) groups excluding carboxylic acids is 1. The van der Waals surface area contributed by atoms with E-state index >= 15 is 0 Å². The molecule has 4 rings (SSSR count). The van der Waals surface area contributed by atoms with Crippen LogP contribution in [0.5, 0.6) is 0 Å². The van der Waals surface area contributed by atoms with Crippen LogP contribution in [0.25, 0.3) is 0 Å². The zero-order valence-electron chi connectivity index (χ0n) is 18.9. The Labute approximate surface area is 186 Å². The standard InChI is InChI=1S/C28H32N2O/c1-4-14-30(15-5-2)25-16-20(3)27-23(19-25)18-22-17-21(10-12-26(22)28(27)31)9-11-24-8-6-7-13-29-24/h6-8,10,12-13,16-17,19H,4-5,9,11,14-15,18H2,1-3H3. The lowest BCUT2D eigenvalue weighted by Crippen LogP contribution is -2.26. The molecule has 0 amide bonds. The van der Waals surface area contributed by atoms with Gasteiger partial charge in [-0.3, -0.25) is 9.78 Å². The lowest BCUT2D eigenvalue weighted by molar-refractivity contribution is 0.103. The first-order chi connectivity index (χ1) is 15.1. The van der Waals surface area contributed by atoms with E-state index in [1.165, 1.54) is 16.8 Å². The van der Waals surface area contributed by atoms with Crippen molar-refractivity contribution in [2.75, 3.05) is 18.0 Å². The molecule has 0 spiro atoms. The number of aryl methyl sites for hydroxylation is 3. The van der Waals surface area contributed by atoms with E-state index in [2.05, 4.69) is 61.0 Å². The maximum absolute atomic E-state index is 13.3. The summed E-state index contributed by atoms with van der Waals surface area (Å²) >= 11 is 0. The molecular formula is C28H32N2O. The fourth-order valence-corrected chi connectivity index (χ4v) is 4.72. The van der Waals surface area contributed by atoms with Crippen molar-refractivity contribution in [3.8, 4) is 0 Å². The molecule has 2 aromatic carbocycles. The molecule has 1 heterocycles. The summed E-state index contributed by atoms with van der Waals surface area (Å²) in [5, 5.41) is 0. The summed E-state index contributed by atoms with van der Waals surface area (Å²) < 4.78 is 0. The third kappa shape index (κ3) is 4.56. The summed E-state index contributed by atoms with van der Waals surface area (Å²) in [6.07, 6.45) is 6.77. The highest BCUT2D eigenvalue weighted by Crippen LogP contribution is 2.33. The third-order valence-electron chi connectivity index (χ3n) is 6.17. The summed E-state index contributed by atoms with van der Waals surface area (Å²) in [7, 11) is 0. The maximum Gasteiger partial charge on any atom is 0.193 e. The Kier molecular flexibility index (Phi) is 6.50. The van der Waals surface area contributed by atoms with Crippen LogP contribution in [0.3, 0.4) is 0 Å².